The molecule has 1 aliphatic rings. The number of nitrogens with zero attached hydrogens (tertiary/aromatic N) is 3. The lowest BCUT2D eigenvalue weighted by Crippen LogP contribution is -2.66. The summed E-state index contributed by atoms with van der Waals surface area (Å²) in [6.07, 6.45) is 0.611. The lowest BCUT2D eigenvalue weighted by molar-refractivity contribution is 0.234. The summed E-state index contributed by atoms with van der Waals surface area (Å²) in [5.41, 5.74) is 1.19. The van der Waals surface area contributed by atoms with Crippen molar-refractivity contribution in [3.05, 3.63) is 124 Å². The van der Waals surface area contributed by atoms with Crippen LogP contribution in [0.25, 0.3) is 10.9 Å². The van der Waals surface area contributed by atoms with E-state index in [9.17, 15) is 4.79 Å². The van der Waals surface area contributed by atoms with Crippen LogP contribution in [0.5, 0.6) is 5.88 Å². The number of pyridine rings is 2. The number of aromatic nitrogens is 2. The van der Waals surface area contributed by atoms with Crippen molar-refractivity contribution in [3.63, 3.8) is 0 Å². The number of rotatable bonds is 8. The Balaban J connectivity index is 1.36. The largest absolute Gasteiger partial charge is 0.475 e. The van der Waals surface area contributed by atoms with Crippen molar-refractivity contribution in [2.45, 2.75) is 44.8 Å². The van der Waals surface area contributed by atoms with Crippen LogP contribution in [0.15, 0.2) is 102 Å². The fraction of sp³-hybridized carbons (Fsp3) is 0.278. The van der Waals surface area contributed by atoms with Gasteiger partial charge in [0.2, 0.25) is 5.88 Å². The van der Waals surface area contributed by atoms with Crippen molar-refractivity contribution >= 4 is 46.9 Å². The van der Waals surface area contributed by atoms with E-state index in [2.05, 4.69) is 74.3 Å². The second-order valence-corrected chi connectivity index (χ2v) is 17.2. The maximum absolute atomic E-state index is 15.7. The molecule has 0 spiro atoms. The number of ether oxygens (including phenoxy) is 1. The van der Waals surface area contributed by atoms with Gasteiger partial charge < -0.3 is 18.6 Å². The molecule has 6 rings (SSSR count). The summed E-state index contributed by atoms with van der Waals surface area (Å²) < 4.78 is 30.5. The Hall–Kier alpha value is -3.98. The molecule has 2 aromatic heterocycles. The summed E-state index contributed by atoms with van der Waals surface area (Å²) in [5, 5.41) is 2.36. The van der Waals surface area contributed by atoms with Crippen LogP contribution < -0.4 is 25.6 Å². The molecule has 0 N–H and O–H groups in total. The SMILES string of the molecule is CN1c2cc(=O)n(Cc3ccccc3)c3c(F)c(Cl)nc(c23)OC[C@@H]1CCO[Si](c1ccccc1)(c1ccccc1)C(C)(C)C. The van der Waals surface area contributed by atoms with Gasteiger partial charge in [0.25, 0.3) is 13.9 Å². The minimum Gasteiger partial charge on any atom is -0.475 e. The quantitative estimate of drug-likeness (QED) is 0.145. The monoisotopic (exact) mass is 641 g/mol. The summed E-state index contributed by atoms with van der Waals surface area (Å²) in [5.74, 6) is -0.522. The molecule has 45 heavy (non-hydrogen) atoms. The van der Waals surface area contributed by atoms with Gasteiger partial charge in [-0.15, -0.1) is 0 Å². The highest BCUT2D eigenvalue weighted by atomic mass is 35.5. The van der Waals surface area contributed by atoms with Gasteiger partial charge in [0.1, 0.15) is 6.61 Å². The molecule has 0 saturated carbocycles. The highest BCUT2D eigenvalue weighted by Crippen LogP contribution is 2.40. The highest BCUT2D eigenvalue weighted by Gasteiger charge is 2.50. The van der Waals surface area contributed by atoms with Crippen molar-refractivity contribution in [1.29, 1.82) is 0 Å². The fourth-order valence-electron chi connectivity index (χ4n) is 6.54. The zero-order chi connectivity index (χ0) is 31.8. The minimum atomic E-state index is -2.74. The molecule has 0 saturated heterocycles. The number of likely N-dealkylation sites (N-methyl/N-ethyl adjacent to an activating group) is 1. The highest BCUT2D eigenvalue weighted by molar-refractivity contribution is 6.99. The van der Waals surface area contributed by atoms with Crippen LogP contribution >= 0.6 is 11.6 Å². The van der Waals surface area contributed by atoms with Crippen LogP contribution in [0.4, 0.5) is 10.1 Å². The first-order chi connectivity index (χ1) is 21.6. The third-order valence-corrected chi connectivity index (χ3v) is 14.1. The third-order valence-electron chi connectivity index (χ3n) is 8.80. The summed E-state index contributed by atoms with van der Waals surface area (Å²) in [7, 11) is -0.830. The van der Waals surface area contributed by atoms with E-state index in [-0.39, 0.29) is 46.3 Å². The zero-order valence-electron chi connectivity index (χ0n) is 26.0. The first-order valence-electron chi connectivity index (χ1n) is 15.2. The zero-order valence-corrected chi connectivity index (χ0v) is 27.7. The van der Waals surface area contributed by atoms with E-state index in [1.54, 1.807) is 6.07 Å². The summed E-state index contributed by atoms with van der Waals surface area (Å²) >= 11 is 6.28. The summed E-state index contributed by atoms with van der Waals surface area (Å²) in [6.45, 7) is 7.67. The molecule has 0 fully saturated rings. The number of hydrogen-bond donors (Lipinski definition) is 0. The van der Waals surface area contributed by atoms with E-state index in [0.29, 0.717) is 24.1 Å². The van der Waals surface area contributed by atoms with E-state index >= 15 is 4.39 Å². The standard InChI is InChI=1S/C36H37ClFN3O3Si/c1-36(2,3)45(27-16-10-6-11-17-27,28-18-12-7-13-19-28)44-21-20-26-24-43-35-31-29(40(26)4)22-30(42)41(23-25-14-8-5-9-15-25)33(31)32(38)34(37)39-35/h5-19,22,26H,20-21,23-24H2,1-4H3/t26-/m0/s1. The van der Waals surface area contributed by atoms with E-state index in [4.69, 9.17) is 20.8 Å². The Morgan fingerprint density at radius 3 is 2.13 bits per heavy atom. The Morgan fingerprint density at radius 1 is 0.978 bits per heavy atom. The summed E-state index contributed by atoms with van der Waals surface area (Å²) in [6, 6.07) is 31.9. The first-order valence-corrected chi connectivity index (χ1v) is 17.5. The average Bonchev–Trinajstić information content (AvgIpc) is 3.16. The van der Waals surface area contributed by atoms with Gasteiger partial charge in [0.05, 0.1) is 29.2 Å². The van der Waals surface area contributed by atoms with E-state index in [1.807, 2.05) is 54.4 Å². The van der Waals surface area contributed by atoms with E-state index in [1.165, 1.54) is 14.9 Å². The van der Waals surface area contributed by atoms with Gasteiger partial charge in [-0.05, 0) is 27.4 Å². The molecule has 9 heteroatoms. The third kappa shape index (κ3) is 5.67. The molecular weight excluding hydrogens is 605 g/mol. The molecule has 1 atom stereocenters. The molecule has 0 radical (unpaired) electrons. The topological polar surface area (TPSA) is 56.6 Å². The average molecular weight is 642 g/mol. The predicted octanol–water partition coefficient (Wildman–Crippen LogP) is 6.40. The number of anilines is 1. The fourth-order valence-corrected chi connectivity index (χ4v) is 11.3. The Bertz CT molecular complexity index is 1830. The van der Waals surface area contributed by atoms with Crippen molar-refractivity contribution in [2.75, 3.05) is 25.2 Å². The molecule has 1 aliphatic heterocycles. The first kappa shape index (κ1) is 31.0. The van der Waals surface area contributed by atoms with Gasteiger partial charge in [-0.25, -0.2) is 4.39 Å². The number of halogens is 2. The number of hydrogen-bond acceptors (Lipinski definition) is 5. The second-order valence-electron chi connectivity index (χ2n) is 12.6. The molecule has 0 bridgehead atoms. The molecule has 232 valence electrons. The molecule has 0 aliphatic carbocycles. The minimum absolute atomic E-state index is 0.0902. The van der Waals surface area contributed by atoms with Crippen LogP contribution in [0.1, 0.15) is 32.8 Å². The van der Waals surface area contributed by atoms with Crippen molar-refractivity contribution in [2.24, 2.45) is 0 Å². The molecule has 5 aromatic rings. The smallest absolute Gasteiger partial charge is 0.261 e. The lowest BCUT2D eigenvalue weighted by atomic mass is 10.1. The predicted molar refractivity (Wildman–Crippen MR) is 182 cm³/mol. The Kier molecular flexibility index (Phi) is 8.57. The normalized spacial score (nSPS) is 15.2. The van der Waals surface area contributed by atoms with Gasteiger partial charge in [-0.2, -0.15) is 4.98 Å². The molecule has 0 unspecified atom stereocenters. The molecule has 6 nitrogen and oxygen atoms in total. The van der Waals surface area contributed by atoms with Crippen molar-refractivity contribution in [3.8, 4) is 5.88 Å². The van der Waals surface area contributed by atoms with Crippen LogP contribution in [-0.2, 0) is 11.0 Å². The van der Waals surface area contributed by atoms with Gasteiger partial charge in [-0.3, -0.25) is 4.79 Å². The Labute approximate surface area is 269 Å². The maximum Gasteiger partial charge on any atom is 0.261 e. The lowest BCUT2D eigenvalue weighted by Gasteiger charge is -2.43. The molecular formula is C36H37ClFN3O3Si. The molecule has 0 amide bonds. The second kappa shape index (κ2) is 12.4. The van der Waals surface area contributed by atoms with Crippen LogP contribution in [0, 0.1) is 5.82 Å². The van der Waals surface area contributed by atoms with Gasteiger partial charge in [-0.1, -0.05) is 123 Å². The van der Waals surface area contributed by atoms with Crippen LogP contribution in [-0.4, -0.2) is 44.2 Å². The van der Waals surface area contributed by atoms with E-state index in [0.717, 1.165) is 5.56 Å². The van der Waals surface area contributed by atoms with Crippen LogP contribution in [0.2, 0.25) is 10.2 Å². The number of benzene rings is 3. The van der Waals surface area contributed by atoms with E-state index < -0.39 is 14.1 Å². The Morgan fingerprint density at radius 2 is 1.56 bits per heavy atom. The van der Waals surface area contributed by atoms with Crippen LogP contribution in [0.3, 0.4) is 0 Å². The van der Waals surface area contributed by atoms with Gasteiger partial charge in [0.15, 0.2) is 11.0 Å². The molecule has 3 heterocycles. The maximum atomic E-state index is 15.7. The van der Waals surface area contributed by atoms with Crippen molar-refractivity contribution < 1.29 is 13.6 Å². The van der Waals surface area contributed by atoms with Crippen molar-refractivity contribution in [1.82, 2.24) is 9.55 Å². The van der Waals surface area contributed by atoms with Gasteiger partial charge in [0, 0.05) is 19.7 Å². The van der Waals surface area contributed by atoms with Gasteiger partial charge >= 0.3 is 0 Å². The summed E-state index contributed by atoms with van der Waals surface area (Å²) in [4.78, 5) is 19.9. The molecule has 3 aromatic carbocycles.